The van der Waals surface area contributed by atoms with Crippen LogP contribution in [0.5, 0.6) is 0 Å². The molecule has 0 aromatic rings. The van der Waals surface area contributed by atoms with Crippen molar-refractivity contribution in [3.63, 3.8) is 0 Å². The number of carbonyl (C=O) groups is 1. The summed E-state index contributed by atoms with van der Waals surface area (Å²) in [6.45, 7) is 1.92. The minimum atomic E-state index is -0.884. The molecular formula is C6H10N2O3. The van der Waals surface area contributed by atoms with Crippen LogP contribution in [0.1, 0.15) is 6.92 Å². The van der Waals surface area contributed by atoms with Gasteiger partial charge in [0.05, 0.1) is 6.20 Å². The molecule has 0 spiro atoms. The maximum absolute atomic E-state index is 10.3. The first kappa shape index (κ1) is 7.87. The van der Waals surface area contributed by atoms with E-state index < -0.39 is 12.0 Å². The van der Waals surface area contributed by atoms with Crippen LogP contribution in [0.3, 0.4) is 0 Å². The zero-order valence-electron chi connectivity index (χ0n) is 6.15. The zero-order valence-corrected chi connectivity index (χ0v) is 6.15. The molecule has 1 atom stereocenters. The van der Waals surface area contributed by atoms with Crippen molar-refractivity contribution in [3.05, 3.63) is 12.5 Å². The second-order valence-electron chi connectivity index (χ2n) is 2.24. The molecule has 1 unspecified atom stereocenters. The van der Waals surface area contributed by atoms with Crippen LogP contribution in [-0.4, -0.2) is 28.9 Å². The number of hydrogen-bond acceptors (Lipinski definition) is 4. The molecule has 0 aromatic carbocycles. The van der Waals surface area contributed by atoms with E-state index >= 15 is 0 Å². The van der Waals surface area contributed by atoms with Crippen LogP contribution in [0, 0.1) is 0 Å². The van der Waals surface area contributed by atoms with E-state index in [1.165, 1.54) is 6.26 Å². The topological polar surface area (TPSA) is 61.8 Å². The fourth-order valence-electron chi connectivity index (χ4n) is 0.667. The number of carboxylic acids is 1. The van der Waals surface area contributed by atoms with E-state index in [9.17, 15) is 4.79 Å². The monoisotopic (exact) mass is 158 g/mol. The molecule has 0 fully saturated rings. The van der Waals surface area contributed by atoms with E-state index in [0.29, 0.717) is 6.73 Å². The smallest absolute Gasteiger partial charge is 0.322 e. The summed E-state index contributed by atoms with van der Waals surface area (Å²) in [5.74, 6) is -0.884. The second-order valence-corrected chi connectivity index (χ2v) is 2.24. The molecule has 5 nitrogen and oxygen atoms in total. The Labute approximate surface area is 64.2 Å². The number of rotatable bonds is 3. The maximum Gasteiger partial charge on any atom is 0.322 e. The molecule has 0 aromatic heterocycles. The fourth-order valence-corrected chi connectivity index (χ4v) is 0.667. The largest absolute Gasteiger partial charge is 0.480 e. The molecule has 0 radical (unpaired) electrons. The van der Waals surface area contributed by atoms with Gasteiger partial charge in [-0.25, -0.2) is 5.43 Å². The summed E-state index contributed by atoms with van der Waals surface area (Å²) < 4.78 is 4.83. The normalized spacial score (nSPS) is 18.1. The van der Waals surface area contributed by atoms with Crippen LogP contribution >= 0.6 is 0 Å². The molecule has 1 aliphatic heterocycles. The van der Waals surface area contributed by atoms with Gasteiger partial charge in [0.2, 0.25) is 0 Å². The predicted octanol–water partition coefficient (Wildman–Crippen LogP) is -0.275. The van der Waals surface area contributed by atoms with Crippen molar-refractivity contribution in [2.45, 2.75) is 13.0 Å². The minimum Gasteiger partial charge on any atom is -0.480 e. The van der Waals surface area contributed by atoms with Gasteiger partial charge >= 0.3 is 5.97 Å². The molecule has 0 saturated carbocycles. The number of ether oxygens (including phenoxy) is 1. The van der Waals surface area contributed by atoms with Gasteiger partial charge in [-0.15, -0.1) is 0 Å². The zero-order chi connectivity index (χ0) is 8.27. The summed E-state index contributed by atoms with van der Waals surface area (Å²) in [6.07, 6.45) is 3.14. The third-order valence-corrected chi connectivity index (χ3v) is 1.28. The van der Waals surface area contributed by atoms with E-state index in [-0.39, 0.29) is 0 Å². The van der Waals surface area contributed by atoms with Crippen molar-refractivity contribution >= 4 is 5.97 Å². The summed E-state index contributed by atoms with van der Waals surface area (Å²) in [5.41, 5.74) is 2.70. The van der Waals surface area contributed by atoms with Crippen LogP contribution in [0.25, 0.3) is 0 Å². The van der Waals surface area contributed by atoms with Crippen LogP contribution in [0.2, 0.25) is 0 Å². The van der Waals surface area contributed by atoms with Crippen LogP contribution in [0.4, 0.5) is 0 Å². The number of nitrogens with one attached hydrogen (secondary N) is 1. The van der Waals surface area contributed by atoms with E-state index in [0.717, 1.165) is 0 Å². The molecule has 62 valence electrons. The van der Waals surface area contributed by atoms with Gasteiger partial charge in [0, 0.05) is 0 Å². The Balaban J connectivity index is 2.29. The molecule has 1 heterocycles. The number of carboxylic acid groups (broad SMARTS) is 1. The molecule has 1 aliphatic rings. The molecule has 0 amide bonds. The predicted molar refractivity (Wildman–Crippen MR) is 37.2 cm³/mol. The lowest BCUT2D eigenvalue weighted by Crippen LogP contribution is -2.43. The lowest BCUT2D eigenvalue weighted by molar-refractivity contribution is -0.140. The summed E-state index contributed by atoms with van der Waals surface area (Å²) in [5, 5.41) is 10.1. The molecule has 11 heavy (non-hydrogen) atoms. The highest BCUT2D eigenvalue weighted by molar-refractivity contribution is 5.72. The molecule has 1 rings (SSSR count). The third kappa shape index (κ3) is 2.12. The Hall–Kier alpha value is -1.23. The maximum atomic E-state index is 10.3. The lowest BCUT2D eigenvalue weighted by Gasteiger charge is -2.17. The SMILES string of the molecule is CC(NN1C=COC1)C(=O)O. The van der Waals surface area contributed by atoms with Crippen molar-refractivity contribution < 1.29 is 14.6 Å². The van der Waals surface area contributed by atoms with Gasteiger partial charge in [0.25, 0.3) is 0 Å². The van der Waals surface area contributed by atoms with Gasteiger partial charge in [0.1, 0.15) is 12.3 Å². The Morgan fingerprint density at radius 2 is 2.64 bits per heavy atom. The summed E-state index contributed by atoms with van der Waals surface area (Å²) in [4.78, 5) is 10.3. The minimum absolute atomic E-state index is 0.359. The average Bonchev–Trinajstić information content (AvgIpc) is 2.39. The Morgan fingerprint density at radius 3 is 3.09 bits per heavy atom. The van der Waals surface area contributed by atoms with Gasteiger partial charge in [-0.2, -0.15) is 0 Å². The number of nitrogens with zero attached hydrogens (tertiary/aromatic N) is 1. The van der Waals surface area contributed by atoms with E-state index in [2.05, 4.69) is 5.43 Å². The van der Waals surface area contributed by atoms with Crippen molar-refractivity contribution in [1.82, 2.24) is 10.4 Å². The van der Waals surface area contributed by atoms with Crippen molar-refractivity contribution in [2.24, 2.45) is 0 Å². The van der Waals surface area contributed by atoms with E-state index in [1.807, 2.05) is 0 Å². The highest BCUT2D eigenvalue weighted by atomic mass is 16.5. The first-order valence-corrected chi connectivity index (χ1v) is 3.24. The molecule has 5 heteroatoms. The van der Waals surface area contributed by atoms with Gasteiger partial charge in [0.15, 0.2) is 6.73 Å². The quantitative estimate of drug-likeness (QED) is 0.591. The first-order chi connectivity index (χ1) is 5.20. The standard InChI is InChI=1S/C6H10N2O3/c1-5(6(9)10)7-8-2-3-11-4-8/h2-3,5,7H,4H2,1H3,(H,9,10). The van der Waals surface area contributed by atoms with Crippen LogP contribution in [0.15, 0.2) is 12.5 Å². The van der Waals surface area contributed by atoms with Crippen LogP contribution in [-0.2, 0) is 9.53 Å². The van der Waals surface area contributed by atoms with Gasteiger partial charge in [-0.05, 0) is 6.92 Å². The Morgan fingerprint density at radius 1 is 1.91 bits per heavy atom. The van der Waals surface area contributed by atoms with Gasteiger partial charge in [-0.3, -0.25) is 9.80 Å². The van der Waals surface area contributed by atoms with Crippen molar-refractivity contribution in [3.8, 4) is 0 Å². The lowest BCUT2D eigenvalue weighted by atomic mass is 10.4. The number of aliphatic carboxylic acids is 1. The third-order valence-electron chi connectivity index (χ3n) is 1.28. The number of hydrazine groups is 1. The molecule has 0 bridgehead atoms. The Kier molecular flexibility index (Phi) is 2.32. The summed E-state index contributed by atoms with van der Waals surface area (Å²) in [6, 6.07) is -0.596. The molecule has 0 saturated heterocycles. The molecule has 0 aliphatic carbocycles. The highest BCUT2D eigenvalue weighted by Gasteiger charge is 2.14. The highest BCUT2D eigenvalue weighted by Crippen LogP contribution is 1.97. The average molecular weight is 158 g/mol. The Bertz CT molecular complexity index is 181. The molecule has 2 N–H and O–H groups in total. The van der Waals surface area contributed by atoms with Crippen molar-refractivity contribution in [2.75, 3.05) is 6.73 Å². The van der Waals surface area contributed by atoms with Gasteiger partial charge in [-0.1, -0.05) is 0 Å². The fraction of sp³-hybridized carbons (Fsp3) is 0.500. The van der Waals surface area contributed by atoms with E-state index in [1.54, 1.807) is 18.1 Å². The molecular weight excluding hydrogens is 148 g/mol. The number of hydrogen-bond donors (Lipinski definition) is 2. The van der Waals surface area contributed by atoms with E-state index in [4.69, 9.17) is 9.84 Å². The summed E-state index contributed by atoms with van der Waals surface area (Å²) in [7, 11) is 0. The second kappa shape index (κ2) is 3.25. The van der Waals surface area contributed by atoms with Crippen LogP contribution < -0.4 is 5.43 Å². The first-order valence-electron chi connectivity index (χ1n) is 3.24. The van der Waals surface area contributed by atoms with Gasteiger partial charge < -0.3 is 9.84 Å². The van der Waals surface area contributed by atoms with Crippen molar-refractivity contribution in [1.29, 1.82) is 0 Å². The summed E-state index contributed by atoms with van der Waals surface area (Å²) >= 11 is 0.